The van der Waals surface area contributed by atoms with Gasteiger partial charge in [0.25, 0.3) is 5.91 Å². The van der Waals surface area contributed by atoms with Crippen molar-refractivity contribution in [3.8, 4) is 0 Å². The molecule has 2 aromatic heterocycles. The molecule has 28 heavy (non-hydrogen) atoms. The van der Waals surface area contributed by atoms with Gasteiger partial charge in [-0.15, -0.1) is 0 Å². The molecule has 0 aliphatic rings. The Morgan fingerprint density at radius 2 is 1.96 bits per heavy atom. The van der Waals surface area contributed by atoms with Gasteiger partial charge in [-0.1, -0.05) is 18.2 Å². The maximum atomic E-state index is 11.9. The Labute approximate surface area is 166 Å². The standard InChI is InChI=1S/C21H17N3O3S/c1-13-4-9-17-16(11-13)23-19(27-17)12-14-5-7-15(8-6-14)22-21(28)24-20(25)18-3-2-10-26-18/h2-11H,12H2,1H3,(H2,22,24,25,28). The molecule has 7 heteroatoms. The van der Waals surface area contributed by atoms with Gasteiger partial charge < -0.3 is 14.2 Å². The molecular weight excluding hydrogens is 374 g/mol. The molecule has 2 aromatic carbocycles. The van der Waals surface area contributed by atoms with E-state index in [1.165, 1.54) is 6.26 Å². The van der Waals surface area contributed by atoms with E-state index in [0.717, 1.165) is 27.9 Å². The third-order valence-corrected chi connectivity index (χ3v) is 4.33. The maximum Gasteiger partial charge on any atom is 0.293 e. The average molecular weight is 391 g/mol. The lowest BCUT2D eigenvalue weighted by Crippen LogP contribution is -2.33. The van der Waals surface area contributed by atoms with Crippen LogP contribution in [0.5, 0.6) is 0 Å². The van der Waals surface area contributed by atoms with Crippen LogP contribution in [0.15, 0.2) is 69.7 Å². The Morgan fingerprint density at radius 1 is 1.14 bits per heavy atom. The SMILES string of the molecule is Cc1ccc2oc(Cc3ccc(NC(=S)NC(=O)c4ccco4)cc3)nc2c1. The van der Waals surface area contributed by atoms with Crippen LogP contribution in [0.1, 0.15) is 27.6 Å². The highest BCUT2D eigenvalue weighted by molar-refractivity contribution is 7.80. The van der Waals surface area contributed by atoms with Crippen LogP contribution in [-0.4, -0.2) is 16.0 Å². The molecular formula is C21H17N3O3S. The highest BCUT2D eigenvalue weighted by atomic mass is 32.1. The normalized spacial score (nSPS) is 10.8. The minimum Gasteiger partial charge on any atom is -0.459 e. The summed E-state index contributed by atoms with van der Waals surface area (Å²) in [5, 5.41) is 5.74. The summed E-state index contributed by atoms with van der Waals surface area (Å²) >= 11 is 5.16. The predicted octanol–water partition coefficient (Wildman–Crippen LogP) is 4.45. The summed E-state index contributed by atoms with van der Waals surface area (Å²) in [5.41, 5.74) is 4.63. The van der Waals surface area contributed by atoms with Gasteiger partial charge >= 0.3 is 0 Å². The minimum absolute atomic E-state index is 0.198. The van der Waals surface area contributed by atoms with Crippen LogP contribution in [0, 0.1) is 6.92 Å². The number of hydrogen-bond acceptors (Lipinski definition) is 5. The molecule has 0 radical (unpaired) electrons. The molecule has 0 unspecified atom stereocenters. The fourth-order valence-corrected chi connectivity index (χ4v) is 2.99. The lowest BCUT2D eigenvalue weighted by atomic mass is 10.1. The first-order valence-electron chi connectivity index (χ1n) is 8.68. The first-order valence-corrected chi connectivity index (χ1v) is 9.08. The number of anilines is 1. The van der Waals surface area contributed by atoms with Gasteiger partial charge in [-0.2, -0.15) is 0 Å². The first kappa shape index (κ1) is 17.9. The van der Waals surface area contributed by atoms with Crippen molar-refractivity contribution in [2.75, 3.05) is 5.32 Å². The number of hydrogen-bond donors (Lipinski definition) is 2. The summed E-state index contributed by atoms with van der Waals surface area (Å²) in [6.07, 6.45) is 2.02. The molecule has 2 N–H and O–H groups in total. The Bertz CT molecular complexity index is 1130. The lowest BCUT2D eigenvalue weighted by Gasteiger charge is -2.09. The smallest absolute Gasteiger partial charge is 0.293 e. The molecule has 0 spiro atoms. The molecule has 4 rings (SSSR count). The second-order valence-electron chi connectivity index (χ2n) is 6.34. The van der Waals surface area contributed by atoms with Gasteiger partial charge in [0, 0.05) is 12.1 Å². The number of nitrogens with zero attached hydrogens (tertiary/aromatic N) is 1. The Kier molecular flexibility index (Phi) is 4.90. The molecule has 2 heterocycles. The molecule has 4 aromatic rings. The number of nitrogens with one attached hydrogen (secondary N) is 2. The highest BCUT2D eigenvalue weighted by Crippen LogP contribution is 2.20. The number of furan rings is 1. The van der Waals surface area contributed by atoms with Crippen molar-refractivity contribution in [2.24, 2.45) is 0 Å². The zero-order chi connectivity index (χ0) is 19.5. The molecule has 0 aliphatic carbocycles. The third kappa shape index (κ3) is 4.10. The number of oxazole rings is 1. The highest BCUT2D eigenvalue weighted by Gasteiger charge is 2.11. The van der Waals surface area contributed by atoms with Crippen molar-refractivity contribution >= 4 is 40.0 Å². The monoisotopic (exact) mass is 391 g/mol. The Balaban J connectivity index is 1.37. The van der Waals surface area contributed by atoms with Crippen molar-refractivity contribution in [3.63, 3.8) is 0 Å². The summed E-state index contributed by atoms with van der Waals surface area (Å²) in [7, 11) is 0. The second kappa shape index (κ2) is 7.66. The van der Waals surface area contributed by atoms with Crippen LogP contribution < -0.4 is 10.6 Å². The number of rotatable bonds is 4. The number of thiocarbonyl (C=S) groups is 1. The van der Waals surface area contributed by atoms with Gasteiger partial charge in [0.05, 0.1) is 6.26 Å². The molecule has 0 atom stereocenters. The zero-order valence-corrected chi connectivity index (χ0v) is 15.9. The lowest BCUT2D eigenvalue weighted by molar-refractivity contribution is 0.0950. The van der Waals surface area contributed by atoms with E-state index < -0.39 is 5.91 Å². The molecule has 0 aliphatic heterocycles. The first-order chi connectivity index (χ1) is 13.6. The molecule has 6 nitrogen and oxygen atoms in total. The van der Waals surface area contributed by atoms with Gasteiger partial charge in [-0.3, -0.25) is 10.1 Å². The van der Waals surface area contributed by atoms with Crippen molar-refractivity contribution in [3.05, 3.63) is 83.6 Å². The molecule has 0 saturated carbocycles. The van der Waals surface area contributed by atoms with E-state index >= 15 is 0 Å². The van der Waals surface area contributed by atoms with E-state index in [1.54, 1.807) is 12.1 Å². The Hall–Kier alpha value is -3.45. The van der Waals surface area contributed by atoms with E-state index in [4.69, 9.17) is 21.1 Å². The molecule has 1 amide bonds. The number of carbonyl (C=O) groups excluding carboxylic acids is 1. The van der Waals surface area contributed by atoms with Crippen LogP contribution in [0.4, 0.5) is 5.69 Å². The third-order valence-electron chi connectivity index (χ3n) is 4.13. The van der Waals surface area contributed by atoms with Gasteiger partial charge in [-0.25, -0.2) is 4.98 Å². The summed E-state index contributed by atoms with van der Waals surface area (Å²) < 4.78 is 10.8. The van der Waals surface area contributed by atoms with Gasteiger partial charge in [0.2, 0.25) is 0 Å². The van der Waals surface area contributed by atoms with Crippen molar-refractivity contribution in [1.82, 2.24) is 10.3 Å². The van der Waals surface area contributed by atoms with Crippen molar-refractivity contribution in [1.29, 1.82) is 0 Å². The van der Waals surface area contributed by atoms with Crippen LogP contribution in [-0.2, 0) is 6.42 Å². The predicted molar refractivity (Wildman–Crippen MR) is 110 cm³/mol. The number of aryl methyl sites for hydroxylation is 1. The number of fused-ring (bicyclic) bond motifs is 1. The zero-order valence-electron chi connectivity index (χ0n) is 15.1. The molecule has 0 fully saturated rings. The minimum atomic E-state index is -0.398. The number of benzene rings is 2. The van der Waals surface area contributed by atoms with Gasteiger partial charge in [0.15, 0.2) is 22.3 Å². The molecule has 0 saturated heterocycles. The van der Waals surface area contributed by atoms with E-state index in [9.17, 15) is 4.79 Å². The Morgan fingerprint density at radius 3 is 2.71 bits per heavy atom. The molecule has 140 valence electrons. The number of carbonyl (C=O) groups is 1. The maximum absolute atomic E-state index is 11.9. The topological polar surface area (TPSA) is 80.3 Å². The molecule has 0 bridgehead atoms. The fraction of sp³-hybridized carbons (Fsp3) is 0.0952. The van der Waals surface area contributed by atoms with Crippen LogP contribution >= 0.6 is 12.2 Å². The largest absolute Gasteiger partial charge is 0.459 e. The van der Waals surface area contributed by atoms with Gasteiger partial charge in [-0.05, 0) is 66.7 Å². The van der Waals surface area contributed by atoms with Crippen LogP contribution in [0.2, 0.25) is 0 Å². The van der Waals surface area contributed by atoms with E-state index in [-0.39, 0.29) is 10.9 Å². The number of amides is 1. The quantitative estimate of drug-likeness (QED) is 0.501. The van der Waals surface area contributed by atoms with Crippen LogP contribution in [0.3, 0.4) is 0 Å². The average Bonchev–Trinajstić information content (AvgIpc) is 3.32. The summed E-state index contributed by atoms with van der Waals surface area (Å²) in [6, 6.07) is 16.8. The van der Waals surface area contributed by atoms with Crippen molar-refractivity contribution < 1.29 is 13.6 Å². The van der Waals surface area contributed by atoms with Crippen molar-refractivity contribution in [2.45, 2.75) is 13.3 Å². The second-order valence-corrected chi connectivity index (χ2v) is 6.75. The summed E-state index contributed by atoms with van der Waals surface area (Å²) in [4.78, 5) is 16.4. The van der Waals surface area contributed by atoms with E-state index in [0.29, 0.717) is 12.3 Å². The van der Waals surface area contributed by atoms with Gasteiger partial charge in [0.1, 0.15) is 5.52 Å². The fourth-order valence-electron chi connectivity index (χ4n) is 2.78. The summed E-state index contributed by atoms with van der Waals surface area (Å²) in [6.45, 7) is 2.03. The number of aromatic nitrogens is 1. The van der Waals surface area contributed by atoms with Crippen LogP contribution in [0.25, 0.3) is 11.1 Å². The van der Waals surface area contributed by atoms with E-state index in [2.05, 4.69) is 15.6 Å². The van der Waals surface area contributed by atoms with E-state index in [1.807, 2.05) is 49.4 Å². The summed E-state index contributed by atoms with van der Waals surface area (Å²) in [5.74, 6) is 0.473.